The molecule has 0 saturated carbocycles. The molecule has 1 atom stereocenters. The Labute approximate surface area is 242 Å². The average Bonchev–Trinajstić information content (AvgIpc) is 3.27. The molecule has 3 rings (SSSR count). The summed E-state index contributed by atoms with van der Waals surface area (Å²) in [6.07, 6.45) is 2.55. The van der Waals surface area contributed by atoms with Crippen LogP contribution < -0.4 is 31.4 Å². The van der Waals surface area contributed by atoms with Crippen LogP contribution in [-0.4, -0.2) is 34.7 Å². The Bertz CT molecular complexity index is 1430. The van der Waals surface area contributed by atoms with Crippen LogP contribution in [0.4, 0.5) is 11.4 Å². The number of hydrogen-bond acceptors (Lipinski definition) is 8. The zero-order chi connectivity index (χ0) is 30.7. The van der Waals surface area contributed by atoms with Gasteiger partial charge in [0, 0.05) is 31.5 Å². The molecule has 0 aliphatic rings. The quantitative estimate of drug-likeness (QED) is 0.222. The summed E-state index contributed by atoms with van der Waals surface area (Å²) in [6.45, 7) is 14.0. The molecule has 41 heavy (non-hydrogen) atoms. The highest BCUT2D eigenvalue weighted by Gasteiger charge is 2.28. The molecule has 0 spiro atoms. The van der Waals surface area contributed by atoms with Crippen molar-refractivity contribution in [3.05, 3.63) is 70.9 Å². The maximum Gasteiger partial charge on any atom is 0.255 e. The number of nitrogens with one attached hydrogen (secondary N) is 3. The number of rotatable bonds is 9. The molecule has 0 aliphatic heterocycles. The van der Waals surface area contributed by atoms with Crippen molar-refractivity contribution in [2.24, 2.45) is 18.2 Å². The van der Waals surface area contributed by atoms with Crippen LogP contribution in [0, 0.1) is 12.3 Å². The number of amides is 1. The van der Waals surface area contributed by atoms with Gasteiger partial charge in [-0.25, -0.2) is 4.98 Å². The monoisotopic (exact) mass is 564 g/mol. The van der Waals surface area contributed by atoms with Crippen molar-refractivity contribution in [2.75, 3.05) is 24.8 Å². The molecule has 1 aromatic heterocycles. The van der Waals surface area contributed by atoms with E-state index in [0.717, 1.165) is 11.1 Å². The van der Waals surface area contributed by atoms with Crippen LogP contribution in [0.25, 0.3) is 5.70 Å². The van der Waals surface area contributed by atoms with Crippen molar-refractivity contribution in [3.8, 4) is 11.5 Å². The standard InChI is InChI=1S/C31H44N6O4/c1-18-11-12-19(29(39)36-23-14-20(30(2,3)4)15-25(41-33-8)26(23)40-10)13-22(18)34-16-21(32)24-17-35-28(37(24)9)27(38)31(5,6)7/h11-17,27,33-34,38H,32H2,1-10H3,(H,36,39)/b21-16-. The number of ether oxygens (including phenoxy) is 1. The largest absolute Gasteiger partial charge is 0.491 e. The molecule has 10 nitrogen and oxygen atoms in total. The fraction of sp³-hybridized carbons (Fsp3) is 0.419. The van der Waals surface area contributed by atoms with Crippen LogP contribution >= 0.6 is 0 Å². The first kappa shape index (κ1) is 31.5. The number of aromatic nitrogens is 2. The second-order valence-electron chi connectivity index (χ2n) is 12.2. The van der Waals surface area contributed by atoms with E-state index in [1.165, 1.54) is 7.11 Å². The van der Waals surface area contributed by atoms with E-state index in [4.69, 9.17) is 15.3 Å². The summed E-state index contributed by atoms with van der Waals surface area (Å²) in [5.74, 6) is 1.11. The predicted molar refractivity (Wildman–Crippen MR) is 164 cm³/mol. The number of imidazole rings is 1. The molecule has 0 radical (unpaired) electrons. The van der Waals surface area contributed by atoms with Crippen molar-refractivity contribution in [1.82, 2.24) is 15.0 Å². The highest BCUT2D eigenvalue weighted by molar-refractivity contribution is 6.06. The normalized spacial score (nSPS) is 13.1. The Morgan fingerprint density at radius 3 is 2.39 bits per heavy atom. The summed E-state index contributed by atoms with van der Waals surface area (Å²) >= 11 is 0. The zero-order valence-electron chi connectivity index (χ0n) is 25.8. The van der Waals surface area contributed by atoms with Gasteiger partial charge in [-0.1, -0.05) is 47.6 Å². The van der Waals surface area contributed by atoms with Gasteiger partial charge >= 0.3 is 0 Å². The lowest BCUT2D eigenvalue weighted by atomic mass is 9.86. The first-order chi connectivity index (χ1) is 19.1. The number of aliphatic hydroxyl groups excluding tert-OH is 1. The zero-order valence-corrected chi connectivity index (χ0v) is 25.8. The Morgan fingerprint density at radius 2 is 1.80 bits per heavy atom. The summed E-state index contributed by atoms with van der Waals surface area (Å²) < 4.78 is 7.37. The minimum Gasteiger partial charge on any atom is -0.491 e. The van der Waals surface area contributed by atoms with Crippen LogP contribution in [0.1, 0.15) is 80.6 Å². The van der Waals surface area contributed by atoms with Crippen LogP contribution in [0.15, 0.2) is 42.7 Å². The number of methoxy groups -OCH3 is 1. The van der Waals surface area contributed by atoms with E-state index in [9.17, 15) is 9.90 Å². The van der Waals surface area contributed by atoms with Crippen LogP contribution in [0.3, 0.4) is 0 Å². The van der Waals surface area contributed by atoms with E-state index >= 15 is 0 Å². The molecule has 3 aromatic rings. The van der Waals surface area contributed by atoms with Crippen LogP contribution in [-0.2, 0) is 12.5 Å². The number of hydrogen-bond donors (Lipinski definition) is 5. The molecule has 10 heteroatoms. The van der Waals surface area contributed by atoms with Crippen LogP contribution in [0.5, 0.6) is 11.5 Å². The third-order valence-corrected chi connectivity index (χ3v) is 6.85. The topological polar surface area (TPSA) is 136 Å². The number of nitrogens with zero attached hydrogens (tertiary/aromatic N) is 2. The number of carbonyl (C=O) groups is 1. The van der Waals surface area contributed by atoms with E-state index < -0.39 is 6.10 Å². The van der Waals surface area contributed by atoms with Gasteiger partial charge in [-0.2, -0.15) is 5.48 Å². The van der Waals surface area contributed by atoms with Gasteiger partial charge in [-0.15, -0.1) is 0 Å². The minimum atomic E-state index is -0.747. The fourth-order valence-electron chi connectivity index (χ4n) is 4.20. The van der Waals surface area contributed by atoms with E-state index in [0.29, 0.717) is 45.7 Å². The van der Waals surface area contributed by atoms with Gasteiger partial charge in [-0.3, -0.25) is 4.79 Å². The number of carbonyl (C=O) groups excluding carboxylic acids is 1. The Hall–Kier alpha value is -4.02. The molecule has 0 fully saturated rings. The van der Waals surface area contributed by atoms with Crippen LogP contribution in [0.2, 0.25) is 0 Å². The summed E-state index contributed by atoms with van der Waals surface area (Å²) in [7, 11) is 5.01. The third kappa shape index (κ3) is 7.20. The number of benzene rings is 2. The highest BCUT2D eigenvalue weighted by atomic mass is 16.7. The van der Waals surface area contributed by atoms with Crippen molar-refractivity contribution in [3.63, 3.8) is 0 Å². The van der Waals surface area contributed by atoms with E-state index in [1.807, 2.05) is 52.9 Å². The van der Waals surface area contributed by atoms with Gasteiger partial charge in [0.1, 0.15) is 11.9 Å². The number of aryl methyl sites for hydroxylation is 1. The van der Waals surface area contributed by atoms with Crippen molar-refractivity contribution < 1.29 is 19.5 Å². The molecule has 0 aliphatic carbocycles. The summed E-state index contributed by atoms with van der Waals surface area (Å²) in [6, 6.07) is 9.17. The molecular formula is C31H44N6O4. The van der Waals surface area contributed by atoms with Crippen molar-refractivity contribution >= 4 is 23.0 Å². The maximum atomic E-state index is 13.4. The first-order valence-corrected chi connectivity index (χ1v) is 13.5. The molecule has 222 valence electrons. The second-order valence-corrected chi connectivity index (χ2v) is 12.2. The Morgan fingerprint density at radius 1 is 1.12 bits per heavy atom. The minimum absolute atomic E-state index is 0.190. The smallest absolute Gasteiger partial charge is 0.255 e. The fourth-order valence-corrected chi connectivity index (χ4v) is 4.20. The summed E-state index contributed by atoms with van der Waals surface area (Å²) in [4.78, 5) is 23.4. The predicted octanol–water partition coefficient (Wildman–Crippen LogP) is 5.25. The second kappa shape index (κ2) is 12.2. The molecule has 1 heterocycles. The van der Waals surface area contributed by atoms with Gasteiger partial charge in [0.25, 0.3) is 5.91 Å². The molecule has 1 unspecified atom stereocenters. The number of aliphatic hydroxyl groups is 1. The first-order valence-electron chi connectivity index (χ1n) is 13.5. The van der Waals surface area contributed by atoms with Crippen molar-refractivity contribution in [1.29, 1.82) is 0 Å². The van der Waals surface area contributed by atoms with E-state index in [1.54, 1.807) is 36.1 Å². The molecule has 0 bridgehead atoms. The van der Waals surface area contributed by atoms with Crippen molar-refractivity contribution in [2.45, 2.75) is 60.0 Å². The SMILES string of the molecule is CNOc1cc(C(C)(C)C)cc(NC(=O)c2ccc(C)c(N/C=C(\N)c3cnc(C(O)C(C)(C)C)n3C)c2)c1OC. The average molecular weight is 565 g/mol. The maximum absolute atomic E-state index is 13.4. The number of nitrogens with two attached hydrogens (primary N) is 1. The van der Waals surface area contributed by atoms with Gasteiger partial charge < -0.3 is 35.6 Å². The molecule has 2 aromatic carbocycles. The van der Waals surface area contributed by atoms with Gasteiger partial charge in [0.05, 0.1) is 30.4 Å². The highest BCUT2D eigenvalue weighted by Crippen LogP contribution is 2.40. The lowest BCUT2D eigenvalue weighted by Crippen LogP contribution is -2.21. The molecule has 1 amide bonds. The lowest BCUT2D eigenvalue weighted by Gasteiger charge is -2.25. The molecular weight excluding hydrogens is 520 g/mol. The Balaban J connectivity index is 1.88. The van der Waals surface area contributed by atoms with Gasteiger partial charge in [-0.05, 0) is 53.1 Å². The number of hydroxylamine groups is 1. The van der Waals surface area contributed by atoms with Gasteiger partial charge in [0.2, 0.25) is 0 Å². The van der Waals surface area contributed by atoms with E-state index in [-0.39, 0.29) is 16.7 Å². The number of anilines is 2. The molecule has 6 N–H and O–H groups in total. The van der Waals surface area contributed by atoms with E-state index in [2.05, 4.69) is 41.9 Å². The van der Waals surface area contributed by atoms with Gasteiger partial charge in [0.15, 0.2) is 11.5 Å². The lowest BCUT2D eigenvalue weighted by molar-refractivity contribution is 0.0525. The Kier molecular flexibility index (Phi) is 9.40. The molecule has 0 saturated heterocycles. The summed E-state index contributed by atoms with van der Waals surface area (Å²) in [5, 5.41) is 16.9. The summed E-state index contributed by atoms with van der Waals surface area (Å²) in [5.41, 5.74) is 13.2. The third-order valence-electron chi connectivity index (χ3n) is 6.85.